The number of anilines is 1. The van der Waals surface area contributed by atoms with E-state index in [1.807, 2.05) is 19.3 Å². The Morgan fingerprint density at radius 2 is 1.92 bits per heavy atom. The molecule has 1 fully saturated rings. The summed E-state index contributed by atoms with van der Waals surface area (Å²) in [4.78, 5) is 20.9. The van der Waals surface area contributed by atoms with E-state index < -0.39 is 5.82 Å². The summed E-state index contributed by atoms with van der Waals surface area (Å²) >= 11 is 5.73. The number of aryl methyl sites for hydroxylation is 1. The number of nitrogens with zero attached hydrogens (tertiary/aromatic N) is 3. The second kappa shape index (κ2) is 8.58. The summed E-state index contributed by atoms with van der Waals surface area (Å²) < 4.78 is 13.2. The van der Waals surface area contributed by atoms with E-state index in [1.54, 1.807) is 0 Å². The molecular weight excluding hydrogens is 355 g/mol. The van der Waals surface area contributed by atoms with E-state index in [0.717, 1.165) is 32.7 Å². The highest BCUT2D eigenvalue weighted by Gasteiger charge is 2.19. The lowest BCUT2D eigenvalue weighted by Gasteiger charge is -2.34. The van der Waals surface area contributed by atoms with Crippen LogP contribution in [-0.4, -0.2) is 53.4 Å². The van der Waals surface area contributed by atoms with Gasteiger partial charge in [-0.2, -0.15) is 0 Å². The van der Waals surface area contributed by atoms with Gasteiger partial charge in [0, 0.05) is 50.8 Å². The van der Waals surface area contributed by atoms with Gasteiger partial charge in [0.05, 0.1) is 11.6 Å². The molecule has 1 amide bonds. The molecule has 5 nitrogen and oxygen atoms in total. The number of pyridine rings is 1. The minimum atomic E-state index is -0.496. The molecule has 0 unspecified atom stereocenters. The Labute approximate surface area is 157 Å². The van der Waals surface area contributed by atoms with Crippen LogP contribution < -0.4 is 5.32 Å². The molecule has 1 N–H and O–H groups in total. The van der Waals surface area contributed by atoms with Crippen molar-refractivity contribution in [2.24, 2.45) is 0 Å². The Morgan fingerprint density at radius 3 is 2.62 bits per heavy atom. The van der Waals surface area contributed by atoms with E-state index in [9.17, 15) is 9.18 Å². The summed E-state index contributed by atoms with van der Waals surface area (Å²) in [6.07, 6.45) is 3.76. The van der Waals surface area contributed by atoms with Crippen LogP contribution in [0.1, 0.15) is 11.1 Å². The van der Waals surface area contributed by atoms with E-state index in [1.165, 1.54) is 29.3 Å². The van der Waals surface area contributed by atoms with Gasteiger partial charge in [-0.05, 0) is 36.2 Å². The molecule has 1 aromatic carbocycles. The zero-order chi connectivity index (χ0) is 18.5. The summed E-state index contributed by atoms with van der Waals surface area (Å²) in [5, 5.41) is 2.76. The fourth-order valence-corrected chi connectivity index (χ4v) is 3.23. The molecule has 0 radical (unpaired) electrons. The third-order valence-corrected chi connectivity index (χ3v) is 4.66. The average molecular weight is 377 g/mol. The molecule has 0 spiro atoms. The van der Waals surface area contributed by atoms with Crippen molar-refractivity contribution in [2.75, 3.05) is 38.0 Å². The number of nitrogens with one attached hydrogen (secondary N) is 1. The highest BCUT2D eigenvalue weighted by molar-refractivity contribution is 6.31. The molecule has 0 aliphatic carbocycles. The lowest BCUT2D eigenvalue weighted by molar-refractivity contribution is -0.117. The number of halogens is 2. The Morgan fingerprint density at radius 1 is 1.19 bits per heavy atom. The Hall–Kier alpha value is -2.02. The van der Waals surface area contributed by atoms with Gasteiger partial charge in [-0.1, -0.05) is 17.7 Å². The molecule has 26 heavy (non-hydrogen) atoms. The van der Waals surface area contributed by atoms with Crippen LogP contribution in [0.25, 0.3) is 0 Å². The van der Waals surface area contributed by atoms with Crippen molar-refractivity contribution in [3.8, 4) is 0 Å². The van der Waals surface area contributed by atoms with Crippen LogP contribution in [0.3, 0.4) is 0 Å². The Bertz CT molecular complexity index is 778. The molecule has 1 aliphatic rings. The summed E-state index contributed by atoms with van der Waals surface area (Å²) in [5.74, 6) is -0.617. The average Bonchev–Trinajstić information content (AvgIpc) is 2.60. The van der Waals surface area contributed by atoms with Crippen molar-refractivity contribution in [3.05, 3.63) is 58.6 Å². The number of hydrogen-bond donors (Lipinski definition) is 1. The van der Waals surface area contributed by atoms with Gasteiger partial charge in [-0.15, -0.1) is 0 Å². The summed E-state index contributed by atoms with van der Waals surface area (Å²) in [6.45, 7) is 6.71. The Kier molecular flexibility index (Phi) is 6.19. The standard InChI is InChI=1S/C19H22ClFN4O/c1-14-8-15(11-22-10-14)12-24-4-6-25(7-5-24)13-19(26)23-16-2-3-18(21)17(20)9-16/h2-3,8-11H,4-7,12-13H2,1H3,(H,23,26). The summed E-state index contributed by atoms with van der Waals surface area (Å²) in [5.41, 5.74) is 2.88. The molecule has 0 saturated carbocycles. The van der Waals surface area contributed by atoms with Gasteiger partial charge in [-0.25, -0.2) is 4.39 Å². The van der Waals surface area contributed by atoms with Crippen LogP contribution in [-0.2, 0) is 11.3 Å². The minimum absolute atomic E-state index is 0.00190. The van der Waals surface area contributed by atoms with Gasteiger partial charge in [0.2, 0.25) is 5.91 Å². The second-order valence-corrected chi connectivity index (χ2v) is 7.01. The predicted octanol–water partition coefficient (Wildman–Crippen LogP) is 2.94. The third-order valence-electron chi connectivity index (χ3n) is 4.37. The topological polar surface area (TPSA) is 48.5 Å². The van der Waals surface area contributed by atoms with Crippen molar-refractivity contribution >= 4 is 23.2 Å². The minimum Gasteiger partial charge on any atom is -0.325 e. The molecule has 1 aliphatic heterocycles. The van der Waals surface area contributed by atoms with Crippen molar-refractivity contribution in [1.82, 2.24) is 14.8 Å². The number of hydrogen-bond acceptors (Lipinski definition) is 4. The van der Waals surface area contributed by atoms with E-state index >= 15 is 0 Å². The van der Waals surface area contributed by atoms with Gasteiger partial charge < -0.3 is 5.32 Å². The highest BCUT2D eigenvalue weighted by atomic mass is 35.5. The van der Waals surface area contributed by atoms with Gasteiger partial charge in [0.15, 0.2) is 0 Å². The Balaban J connectivity index is 1.44. The first kappa shape index (κ1) is 18.8. The first-order valence-electron chi connectivity index (χ1n) is 8.60. The van der Waals surface area contributed by atoms with Gasteiger partial charge in [-0.3, -0.25) is 19.6 Å². The van der Waals surface area contributed by atoms with Crippen LogP contribution >= 0.6 is 11.6 Å². The number of carbonyl (C=O) groups is 1. The number of carbonyl (C=O) groups excluding carboxylic acids is 1. The monoisotopic (exact) mass is 376 g/mol. The number of piperazine rings is 1. The van der Waals surface area contributed by atoms with Crippen molar-refractivity contribution in [1.29, 1.82) is 0 Å². The second-order valence-electron chi connectivity index (χ2n) is 6.60. The molecule has 3 rings (SSSR count). The first-order valence-corrected chi connectivity index (χ1v) is 8.97. The van der Waals surface area contributed by atoms with E-state index in [-0.39, 0.29) is 10.9 Å². The SMILES string of the molecule is Cc1cncc(CN2CCN(CC(=O)Nc3ccc(F)c(Cl)c3)CC2)c1. The molecule has 138 valence electrons. The van der Waals surface area contributed by atoms with Gasteiger partial charge >= 0.3 is 0 Å². The van der Waals surface area contributed by atoms with Crippen molar-refractivity contribution in [3.63, 3.8) is 0 Å². The number of benzene rings is 1. The zero-order valence-electron chi connectivity index (χ0n) is 14.7. The smallest absolute Gasteiger partial charge is 0.238 e. The molecule has 0 atom stereocenters. The molecule has 7 heteroatoms. The van der Waals surface area contributed by atoms with Gasteiger partial charge in [0.25, 0.3) is 0 Å². The number of rotatable bonds is 5. The number of aromatic nitrogens is 1. The van der Waals surface area contributed by atoms with E-state index in [4.69, 9.17) is 11.6 Å². The molecular formula is C19H22ClFN4O. The van der Waals surface area contributed by atoms with Crippen LogP contribution in [0.5, 0.6) is 0 Å². The van der Waals surface area contributed by atoms with Crippen LogP contribution in [0.2, 0.25) is 5.02 Å². The van der Waals surface area contributed by atoms with E-state index in [2.05, 4.69) is 26.2 Å². The fraction of sp³-hybridized carbons (Fsp3) is 0.368. The maximum Gasteiger partial charge on any atom is 0.238 e. The largest absolute Gasteiger partial charge is 0.325 e. The predicted molar refractivity (Wildman–Crippen MR) is 101 cm³/mol. The normalized spacial score (nSPS) is 15.8. The summed E-state index contributed by atoms with van der Waals surface area (Å²) in [7, 11) is 0. The van der Waals surface area contributed by atoms with Crippen LogP contribution in [0, 0.1) is 12.7 Å². The van der Waals surface area contributed by atoms with Crippen LogP contribution in [0.4, 0.5) is 10.1 Å². The zero-order valence-corrected chi connectivity index (χ0v) is 15.5. The molecule has 2 aromatic rings. The van der Waals surface area contributed by atoms with Gasteiger partial charge in [0.1, 0.15) is 5.82 Å². The van der Waals surface area contributed by atoms with E-state index in [0.29, 0.717) is 12.2 Å². The quantitative estimate of drug-likeness (QED) is 0.871. The molecule has 1 saturated heterocycles. The first-order chi connectivity index (χ1) is 12.5. The highest BCUT2D eigenvalue weighted by Crippen LogP contribution is 2.19. The lowest BCUT2D eigenvalue weighted by Crippen LogP contribution is -2.48. The maximum atomic E-state index is 13.2. The van der Waals surface area contributed by atoms with Crippen molar-refractivity contribution < 1.29 is 9.18 Å². The lowest BCUT2D eigenvalue weighted by atomic mass is 10.2. The third kappa shape index (κ3) is 5.24. The number of amides is 1. The molecule has 1 aromatic heterocycles. The maximum absolute atomic E-state index is 13.2. The molecule has 2 heterocycles. The summed E-state index contributed by atoms with van der Waals surface area (Å²) in [6, 6.07) is 6.33. The molecule has 0 bridgehead atoms. The fourth-order valence-electron chi connectivity index (χ4n) is 3.05. The van der Waals surface area contributed by atoms with Crippen LogP contribution in [0.15, 0.2) is 36.7 Å². The van der Waals surface area contributed by atoms with Crippen molar-refractivity contribution in [2.45, 2.75) is 13.5 Å².